The van der Waals surface area contributed by atoms with Crippen molar-refractivity contribution in [3.8, 4) is 0 Å². The number of fused-ring (bicyclic) bond motifs is 1. The van der Waals surface area contributed by atoms with Crippen LogP contribution >= 0.6 is 11.6 Å². The minimum absolute atomic E-state index is 0.438. The number of halogens is 1. The summed E-state index contributed by atoms with van der Waals surface area (Å²) >= 11 is 6.53. The van der Waals surface area contributed by atoms with Crippen molar-refractivity contribution < 1.29 is 0 Å². The van der Waals surface area contributed by atoms with E-state index in [1.54, 1.807) is 11.1 Å². The summed E-state index contributed by atoms with van der Waals surface area (Å²) in [5.74, 6) is 1.54. The standard InChI is InChI=1S/C17H23Cl/c18-17-11-4-2-7-15(17)12-14-9-5-8-13-6-1-3-10-16(13)14/h1,3,6,10,14-15,17H,2,4-5,7-9,11-12H2. The fourth-order valence-electron chi connectivity index (χ4n) is 3.89. The van der Waals surface area contributed by atoms with E-state index in [4.69, 9.17) is 11.6 Å². The molecule has 0 saturated heterocycles. The number of benzene rings is 1. The second kappa shape index (κ2) is 5.65. The van der Waals surface area contributed by atoms with Gasteiger partial charge in [0.1, 0.15) is 0 Å². The summed E-state index contributed by atoms with van der Waals surface area (Å²) in [6.07, 6.45) is 10.7. The summed E-state index contributed by atoms with van der Waals surface area (Å²) < 4.78 is 0. The van der Waals surface area contributed by atoms with Gasteiger partial charge in [-0.3, -0.25) is 0 Å². The van der Waals surface area contributed by atoms with Gasteiger partial charge in [-0.25, -0.2) is 0 Å². The molecule has 2 aliphatic carbocycles. The van der Waals surface area contributed by atoms with Gasteiger partial charge in [0.2, 0.25) is 0 Å². The van der Waals surface area contributed by atoms with Gasteiger partial charge < -0.3 is 0 Å². The zero-order valence-corrected chi connectivity index (χ0v) is 11.8. The molecule has 3 unspecified atom stereocenters. The fourth-order valence-corrected chi connectivity index (χ4v) is 4.28. The Morgan fingerprint density at radius 1 is 1.00 bits per heavy atom. The normalized spacial score (nSPS) is 31.9. The zero-order valence-electron chi connectivity index (χ0n) is 11.1. The first-order valence-electron chi connectivity index (χ1n) is 7.56. The van der Waals surface area contributed by atoms with Crippen LogP contribution in [0.25, 0.3) is 0 Å². The summed E-state index contributed by atoms with van der Waals surface area (Å²) in [5, 5.41) is 0.438. The first-order chi connectivity index (χ1) is 8.84. The molecular formula is C17H23Cl. The summed E-state index contributed by atoms with van der Waals surface area (Å²) in [7, 11) is 0. The number of aryl methyl sites for hydroxylation is 1. The molecule has 0 aliphatic heterocycles. The second-order valence-corrected chi connectivity index (χ2v) is 6.64. The predicted octanol–water partition coefficient (Wildman–Crippen LogP) is 5.29. The average Bonchev–Trinajstić information content (AvgIpc) is 2.42. The second-order valence-electron chi connectivity index (χ2n) is 6.08. The molecule has 1 saturated carbocycles. The van der Waals surface area contributed by atoms with Gasteiger partial charge in [0.05, 0.1) is 0 Å². The van der Waals surface area contributed by atoms with Crippen LogP contribution in [0.1, 0.15) is 62.0 Å². The van der Waals surface area contributed by atoms with Gasteiger partial charge in [0, 0.05) is 5.38 Å². The van der Waals surface area contributed by atoms with E-state index >= 15 is 0 Å². The first kappa shape index (κ1) is 12.5. The van der Waals surface area contributed by atoms with Gasteiger partial charge in [-0.1, -0.05) is 37.1 Å². The largest absolute Gasteiger partial charge is 0.123 e. The highest BCUT2D eigenvalue weighted by Crippen LogP contribution is 2.40. The fraction of sp³-hybridized carbons (Fsp3) is 0.647. The molecule has 3 atom stereocenters. The Morgan fingerprint density at radius 2 is 1.83 bits per heavy atom. The Kier molecular flexibility index (Phi) is 3.94. The summed E-state index contributed by atoms with van der Waals surface area (Å²) in [4.78, 5) is 0. The molecule has 1 heteroatoms. The number of hydrogen-bond acceptors (Lipinski definition) is 0. The Morgan fingerprint density at radius 3 is 2.72 bits per heavy atom. The smallest absolute Gasteiger partial charge is 0.0364 e. The molecule has 0 spiro atoms. The van der Waals surface area contributed by atoms with Gasteiger partial charge in [0.25, 0.3) is 0 Å². The zero-order chi connectivity index (χ0) is 12.4. The van der Waals surface area contributed by atoms with Gasteiger partial charge in [-0.2, -0.15) is 0 Å². The van der Waals surface area contributed by atoms with Crippen molar-refractivity contribution in [2.75, 3.05) is 0 Å². The van der Waals surface area contributed by atoms with E-state index in [9.17, 15) is 0 Å². The third-order valence-electron chi connectivity index (χ3n) is 4.90. The lowest BCUT2D eigenvalue weighted by Gasteiger charge is -2.33. The van der Waals surface area contributed by atoms with Crippen LogP contribution in [0.5, 0.6) is 0 Å². The van der Waals surface area contributed by atoms with Gasteiger partial charge in [-0.05, 0) is 61.5 Å². The van der Waals surface area contributed by atoms with E-state index in [1.807, 2.05) is 0 Å². The molecule has 98 valence electrons. The third kappa shape index (κ3) is 2.59. The third-order valence-corrected chi connectivity index (χ3v) is 5.47. The molecule has 1 aromatic carbocycles. The summed E-state index contributed by atoms with van der Waals surface area (Å²) in [5.41, 5.74) is 3.22. The van der Waals surface area contributed by atoms with Crippen LogP contribution in [-0.2, 0) is 6.42 Å². The van der Waals surface area contributed by atoms with Crippen LogP contribution in [0, 0.1) is 5.92 Å². The molecule has 0 bridgehead atoms. The van der Waals surface area contributed by atoms with Crippen LogP contribution in [0.2, 0.25) is 0 Å². The van der Waals surface area contributed by atoms with E-state index in [0.717, 1.165) is 11.8 Å². The predicted molar refractivity (Wildman–Crippen MR) is 78.3 cm³/mol. The SMILES string of the molecule is ClC1CCCCC1CC1CCCc2ccccc21. The van der Waals surface area contributed by atoms with E-state index in [0.29, 0.717) is 5.38 Å². The van der Waals surface area contributed by atoms with Gasteiger partial charge in [0.15, 0.2) is 0 Å². The van der Waals surface area contributed by atoms with Crippen molar-refractivity contribution >= 4 is 11.6 Å². The molecule has 1 fully saturated rings. The maximum absolute atomic E-state index is 6.53. The number of hydrogen-bond donors (Lipinski definition) is 0. The lowest BCUT2D eigenvalue weighted by molar-refractivity contribution is 0.312. The monoisotopic (exact) mass is 262 g/mol. The molecule has 0 N–H and O–H groups in total. The lowest BCUT2D eigenvalue weighted by atomic mass is 9.75. The minimum Gasteiger partial charge on any atom is -0.123 e. The van der Waals surface area contributed by atoms with Crippen molar-refractivity contribution in [3.63, 3.8) is 0 Å². The molecule has 0 heterocycles. The molecule has 3 rings (SSSR count). The Hall–Kier alpha value is -0.490. The van der Waals surface area contributed by atoms with Crippen LogP contribution in [0.3, 0.4) is 0 Å². The molecule has 0 nitrogen and oxygen atoms in total. The Balaban J connectivity index is 1.73. The van der Waals surface area contributed by atoms with Crippen molar-refractivity contribution in [1.82, 2.24) is 0 Å². The highest BCUT2D eigenvalue weighted by atomic mass is 35.5. The molecular weight excluding hydrogens is 240 g/mol. The Labute approximate surface area is 116 Å². The average molecular weight is 263 g/mol. The molecule has 1 aromatic rings. The van der Waals surface area contributed by atoms with E-state index < -0.39 is 0 Å². The highest BCUT2D eigenvalue weighted by molar-refractivity contribution is 6.20. The number of alkyl halides is 1. The van der Waals surface area contributed by atoms with Gasteiger partial charge in [-0.15, -0.1) is 11.6 Å². The topological polar surface area (TPSA) is 0 Å². The molecule has 0 aromatic heterocycles. The quantitative estimate of drug-likeness (QED) is 0.635. The molecule has 2 aliphatic rings. The number of rotatable bonds is 2. The van der Waals surface area contributed by atoms with Crippen LogP contribution in [0.15, 0.2) is 24.3 Å². The lowest BCUT2D eigenvalue weighted by Crippen LogP contribution is -2.23. The maximum atomic E-state index is 6.53. The van der Waals surface area contributed by atoms with E-state index in [2.05, 4.69) is 24.3 Å². The molecule has 18 heavy (non-hydrogen) atoms. The van der Waals surface area contributed by atoms with Gasteiger partial charge >= 0.3 is 0 Å². The molecule has 0 amide bonds. The van der Waals surface area contributed by atoms with E-state index in [1.165, 1.54) is 51.4 Å². The molecule has 0 radical (unpaired) electrons. The summed E-state index contributed by atoms with van der Waals surface area (Å²) in [6, 6.07) is 9.06. The highest BCUT2D eigenvalue weighted by Gasteiger charge is 2.28. The van der Waals surface area contributed by atoms with Crippen LogP contribution < -0.4 is 0 Å². The van der Waals surface area contributed by atoms with Crippen LogP contribution in [0.4, 0.5) is 0 Å². The Bertz CT molecular complexity index is 398. The minimum atomic E-state index is 0.438. The van der Waals surface area contributed by atoms with E-state index in [-0.39, 0.29) is 0 Å². The maximum Gasteiger partial charge on any atom is 0.0364 e. The first-order valence-corrected chi connectivity index (χ1v) is 8.00. The summed E-state index contributed by atoms with van der Waals surface area (Å²) in [6.45, 7) is 0. The van der Waals surface area contributed by atoms with Crippen LogP contribution in [-0.4, -0.2) is 5.38 Å². The van der Waals surface area contributed by atoms with Crippen molar-refractivity contribution in [2.45, 2.75) is 62.7 Å². The van der Waals surface area contributed by atoms with Crippen molar-refractivity contribution in [1.29, 1.82) is 0 Å². The van der Waals surface area contributed by atoms with Crippen molar-refractivity contribution in [2.24, 2.45) is 5.92 Å². The van der Waals surface area contributed by atoms with Crippen molar-refractivity contribution in [3.05, 3.63) is 35.4 Å².